The van der Waals surface area contributed by atoms with Crippen molar-refractivity contribution >= 4 is 22.8 Å². The van der Waals surface area contributed by atoms with Gasteiger partial charge in [-0.1, -0.05) is 6.92 Å². The Morgan fingerprint density at radius 1 is 1.22 bits per heavy atom. The summed E-state index contributed by atoms with van der Waals surface area (Å²) in [4.78, 5) is 21.5. The predicted octanol–water partition coefficient (Wildman–Crippen LogP) is 3.18. The first-order valence-corrected chi connectivity index (χ1v) is 9.24. The molecule has 140 valence electrons. The van der Waals surface area contributed by atoms with Crippen molar-refractivity contribution in [2.75, 3.05) is 18.5 Å². The minimum Gasteiger partial charge on any atom is -0.486 e. The third-order valence-corrected chi connectivity index (χ3v) is 4.43. The highest BCUT2D eigenvalue weighted by molar-refractivity contribution is 5.91. The van der Waals surface area contributed by atoms with E-state index in [9.17, 15) is 4.79 Å². The van der Waals surface area contributed by atoms with E-state index in [0.29, 0.717) is 43.2 Å². The van der Waals surface area contributed by atoms with Gasteiger partial charge < -0.3 is 19.4 Å². The third kappa shape index (κ3) is 3.72. The number of pyridine rings is 1. The Labute approximate surface area is 157 Å². The van der Waals surface area contributed by atoms with Gasteiger partial charge in [-0.15, -0.1) is 0 Å². The predicted molar refractivity (Wildman–Crippen MR) is 102 cm³/mol. The Hall–Kier alpha value is -3.09. The van der Waals surface area contributed by atoms with Crippen molar-refractivity contribution in [2.24, 2.45) is 0 Å². The smallest absolute Gasteiger partial charge is 0.224 e. The number of amides is 1. The van der Waals surface area contributed by atoms with E-state index in [-0.39, 0.29) is 5.91 Å². The molecule has 1 aliphatic heterocycles. The van der Waals surface area contributed by atoms with Gasteiger partial charge in [-0.3, -0.25) is 4.79 Å². The molecule has 1 N–H and O–H groups in total. The summed E-state index contributed by atoms with van der Waals surface area (Å²) in [5, 5.41) is 2.92. The van der Waals surface area contributed by atoms with E-state index in [2.05, 4.69) is 26.8 Å². The van der Waals surface area contributed by atoms with E-state index in [1.807, 2.05) is 24.3 Å². The van der Waals surface area contributed by atoms with Crippen LogP contribution in [0, 0.1) is 0 Å². The van der Waals surface area contributed by atoms with E-state index in [0.717, 1.165) is 30.0 Å². The molecule has 1 amide bonds. The molecule has 0 bridgehead atoms. The Balaban J connectivity index is 1.43. The number of benzene rings is 1. The zero-order valence-corrected chi connectivity index (χ0v) is 15.3. The van der Waals surface area contributed by atoms with E-state index in [1.54, 1.807) is 12.3 Å². The molecule has 0 unspecified atom stereocenters. The number of carbonyl (C=O) groups is 1. The summed E-state index contributed by atoms with van der Waals surface area (Å²) in [5.74, 6) is 2.20. The van der Waals surface area contributed by atoms with Crippen LogP contribution >= 0.6 is 0 Å². The largest absolute Gasteiger partial charge is 0.486 e. The second kappa shape index (κ2) is 7.65. The fraction of sp³-hybridized carbons (Fsp3) is 0.350. The van der Waals surface area contributed by atoms with Crippen LogP contribution in [0.5, 0.6) is 11.5 Å². The van der Waals surface area contributed by atoms with E-state index < -0.39 is 0 Å². The molecule has 3 aromatic rings. The summed E-state index contributed by atoms with van der Waals surface area (Å²) in [6.45, 7) is 4.03. The molecule has 27 heavy (non-hydrogen) atoms. The molecule has 0 radical (unpaired) electrons. The second-order valence-electron chi connectivity index (χ2n) is 6.43. The lowest BCUT2D eigenvalue weighted by Gasteiger charge is -2.19. The van der Waals surface area contributed by atoms with E-state index in [4.69, 9.17) is 9.47 Å². The van der Waals surface area contributed by atoms with Crippen LogP contribution in [0.1, 0.15) is 25.6 Å². The van der Waals surface area contributed by atoms with Crippen molar-refractivity contribution in [2.45, 2.75) is 32.7 Å². The molecule has 0 aliphatic carbocycles. The second-order valence-corrected chi connectivity index (χ2v) is 6.43. The Morgan fingerprint density at radius 3 is 2.93 bits per heavy atom. The number of ether oxygens (including phenoxy) is 2. The fourth-order valence-corrected chi connectivity index (χ4v) is 3.22. The first-order valence-electron chi connectivity index (χ1n) is 9.24. The van der Waals surface area contributed by atoms with Crippen molar-refractivity contribution in [3.63, 3.8) is 0 Å². The van der Waals surface area contributed by atoms with Gasteiger partial charge in [0.2, 0.25) is 5.91 Å². The third-order valence-electron chi connectivity index (χ3n) is 4.43. The SMILES string of the molecule is CCCn1c(CCC(=O)Nc2ccc3c(c2)OCCO3)nc2cccnc21. The number of hydrogen-bond acceptors (Lipinski definition) is 5. The number of aryl methyl sites for hydroxylation is 2. The lowest BCUT2D eigenvalue weighted by molar-refractivity contribution is -0.116. The van der Waals surface area contributed by atoms with Crippen LogP contribution in [0.3, 0.4) is 0 Å². The highest BCUT2D eigenvalue weighted by Crippen LogP contribution is 2.32. The molecule has 0 fully saturated rings. The summed E-state index contributed by atoms with van der Waals surface area (Å²) in [6.07, 6.45) is 3.67. The Bertz CT molecular complexity index is 967. The zero-order valence-electron chi connectivity index (χ0n) is 15.3. The normalized spacial score (nSPS) is 12.9. The number of imidazole rings is 1. The number of hydrogen-bond donors (Lipinski definition) is 1. The minimum absolute atomic E-state index is 0.0604. The number of nitrogens with zero attached hydrogens (tertiary/aromatic N) is 3. The number of nitrogens with one attached hydrogen (secondary N) is 1. The molecule has 0 spiro atoms. The maximum atomic E-state index is 12.4. The molecule has 1 aromatic carbocycles. The molecule has 0 saturated heterocycles. The summed E-state index contributed by atoms with van der Waals surface area (Å²) in [6, 6.07) is 9.26. The van der Waals surface area contributed by atoms with Gasteiger partial charge in [-0.05, 0) is 30.7 Å². The van der Waals surface area contributed by atoms with Gasteiger partial charge in [0.15, 0.2) is 17.1 Å². The van der Waals surface area contributed by atoms with E-state index >= 15 is 0 Å². The summed E-state index contributed by atoms with van der Waals surface area (Å²) in [7, 11) is 0. The summed E-state index contributed by atoms with van der Waals surface area (Å²) in [5.41, 5.74) is 2.45. The standard InChI is InChI=1S/C20H22N4O3/c1-2-10-24-18(23-15-4-3-9-21-20(15)24)7-8-19(25)22-14-5-6-16-17(13-14)27-12-11-26-16/h3-6,9,13H,2,7-8,10-12H2,1H3,(H,22,25). The average Bonchev–Trinajstić information content (AvgIpc) is 3.04. The number of rotatable bonds is 6. The van der Waals surface area contributed by atoms with Crippen LogP contribution in [0.2, 0.25) is 0 Å². The van der Waals surface area contributed by atoms with Crippen LogP contribution in [-0.2, 0) is 17.8 Å². The highest BCUT2D eigenvalue weighted by Gasteiger charge is 2.15. The van der Waals surface area contributed by atoms with Gasteiger partial charge in [-0.25, -0.2) is 9.97 Å². The summed E-state index contributed by atoms with van der Waals surface area (Å²) < 4.78 is 13.2. The molecule has 3 heterocycles. The van der Waals surface area contributed by atoms with Gasteiger partial charge in [0.25, 0.3) is 0 Å². The van der Waals surface area contributed by atoms with Crippen molar-refractivity contribution in [1.82, 2.24) is 14.5 Å². The number of fused-ring (bicyclic) bond motifs is 2. The molecule has 7 nitrogen and oxygen atoms in total. The van der Waals surface area contributed by atoms with Gasteiger partial charge in [0.1, 0.15) is 24.6 Å². The zero-order chi connectivity index (χ0) is 18.6. The fourth-order valence-electron chi connectivity index (χ4n) is 3.22. The molecular formula is C20H22N4O3. The first-order chi connectivity index (χ1) is 13.2. The maximum absolute atomic E-state index is 12.4. The van der Waals surface area contributed by atoms with Crippen LogP contribution in [0.4, 0.5) is 5.69 Å². The van der Waals surface area contributed by atoms with Gasteiger partial charge in [-0.2, -0.15) is 0 Å². The van der Waals surface area contributed by atoms with E-state index in [1.165, 1.54) is 0 Å². The van der Waals surface area contributed by atoms with Crippen LogP contribution in [0.15, 0.2) is 36.5 Å². The van der Waals surface area contributed by atoms with Crippen molar-refractivity contribution in [3.05, 3.63) is 42.4 Å². The van der Waals surface area contributed by atoms with Crippen LogP contribution < -0.4 is 14.8 Å². The lowest BCUT2D eigenvalue weighted by atomic mass is 10.2. The van der Waals surface area contributed by atoms with Gasteiger partial charge in [0, 0.05) is 37.3 Å². The first kappa shape index (κ1) is 17.3. The van der Waals surface area contributed by atoms with Gasteiger partial charge in [0.05, 0.1) is 0 Å². The van der Waals surface area contributed by atoms with Crippen LogP contribution in [-0.4, -0.2) is 33.7 Å². The number of aromatic nitrogens is 3. The quantitative estimate of drug-likeness (QED) is 0.725. The molecular weight excluding hydrogens is 344 g/mol. The molecule has 1 aliphatic rings. The average molecular weight is 366 g/mol. The minimum atomic E-state index is -0.0604. The van der Waals surface area contributed by atoms with Crippen LogP contribution in [0.25, 0.3) is 11.2 Å². The van der Waals surface area contributed by atoms with Crippen molar-refractivity contribution < 1.29 is 14.3 Å². The molecule has 0 saturated carbocycles. The molecule has 2 aromatic heterocycles. The molecule has 0 atom stereocenters. The van der Waals surface area contributed by atoms with Crippen molar-refractivity contribution in [1.29, 1.82) is 0 Å². The lowest BCUT2D eigenvalue weighted by Crippen LogP contribution is -2.17. The Morgan fingerprint density at radius 2 is 2.07 bits per heavy atom. The Kier molecular flexibility index (Phi) is 4.91. The maximum Gasteiger partial charge on any atom is 0.224 e. The topological polar surface area (TPSA) is 78.3 Å². The highest BCUT2D eigenvalue weighted by atomic mass is 16.6. The molecule has 7 heteroatoms. The number of anilines is 1. The monoisotopic (exact) mass is 366 g/mol. The number of carbonyl (C=O) groups excluding carboxylic acids is 1. The summed E-state index contributed by atoms with van der Waals surface area (Å²) >= 11 is 0. The van der Waals surface area contributed by atoms with Gasteiger partial charge >= 0.3 is 0 Å². The van der Waals surface area contributed by atoms with Crippen molar-refractivity contribution in [3.8, 4) is 11.5 Å². The molecule has 4 rings (SSSR count).